The number of nitrogens with zero attached hydrogens (tertiary/aromatic N) is 5. The van der Waals surface area contributed by atoms with Gasteiger partial charge in [0.2, 0.25) is 5.88 Å². The number of aromatic nitrogens is 5. The molecule has 36 heavy (non-hydrogen) atoms. The quantitative estimate of drug-likeness (QED) is 0.516. The number of nitrogens with one attached hydrogen (secondary N) is 1. The molecule has 1 N–H and O–H groups in total. The maximum atomic E-state index is 13.2. The van der Waals surface area contributed by atoms with Gasteiger partial charge in [0.1, 0.15) is 18.2 Å². The Morgan fingerprint density at radius 3 is 2.81 bits per heavy atom. The molecule has 11 heteroatoms. The minimum absolute atomic E-state index is 0.106. The molecule has 0 aliphatic carbocycles. The fraction of sp³-hybridized carbons (Fsp3) is 0.480. The van der Waals surface area contributed by atoms with Crippen LogP contribution in [0.1, 0.15) is 46.7 Å². The lowest BCUT2D eigenvalue weighted by atomic mass is 10.1. The first-order valence-electron chi connectivity index (χ1n) is 12.0. The standard InChI is InChI=1S/C25H34N6O4S/c1-30-15-19-23(29-30)21(32)8-6-5-7-11-35-22-14-18(9-10-26-22)24-27-20(25(33)28-19)16-31(24)17-34-12-13-36(2,3)4/h9-10,14-16H,5-8,11-13,17H2,1-4H3,(H,28,33). The number of ether oxygens (including phenoxy) is 2. The number of Topliss-reactive ketones (excluding diaryl/α,β-unsaturated/α-hetero) is 1. The lowest BCUT2D eigenvalue weighted by Gasteiger charge is -2.24. The number of ketones is 1. The molecule has 0 unspecified atom stereocenters. The number of aryl methyl sites for hydroxylation is 1. The van der Waals surface area contributed by atoms with Crippen molar-refractivity contribution in [1.82, 2.24) is 24.3 Å². The summed E-state index contributed by atoms with van der Waals surface area (Å²) >= 11 is 0. The fourth-order valence-corrected chi connectivity index (χ4v) is 4.40. The molecule has 1 amide bonds. The van der Waals surface area contributed by atoms with Crippen LogP contribution in [0.3, 0.4) is 0 Å². The second-order valence-electron chi connectivity index (χ2n) is 9.74. The summed E-state index contributed by atoms with van der Waals surface area (Å²) in [5, 5.41) is 7.11. The van der Waals surface area contributed by atoms with Gasteiger partial charge < -0.3 is 19.4 Å². The maximum Gasteiger partial charge on any atom is 0.275 e. The SMILES string of the molecule is Cn1cc2c(n1)C(=O)CCCCCOc1cc(ccn1)-c1nc(cn1COCCS(C)(C)C)C(=O)N2. The fourth-order valence-electron chi connectivity index (χ4n) is 3.79. The van der Waals surface area contributed by atoms with Gasteiger partial charge in [-0.3, -0.25) is 14.3 Å². The van der Waals surface area contributed by atoms with Crippen LogP contribution < -0.4 is 10.1 Å². The summed E-state index contributed by atoms with van der Waals surface area (Å²) in [5.41, 5.74) is 1.62. The number of hydrogen-bond donors (Lipinski definition) is 1. The van der Waals surface area contributed by atoms with Crippen LogP contribution in [0.15, 0.2) is 30.7 Å². The molecule has 0 aromatic carbocycles. The Morgan fingerprint density at radius 2 is 2.00 bits per heavy atom. The summed E-state index contributed by atoms with van der Waals surface area (Å²) < 4.78 is 15.1. The van der Waals surface area contributed by atoms with Crippen molar-refractivity contribution in [1.29, 1.82) is 0 Å². The van der Waals surface area contributed by atoms with E-state index in [-0.39, 0.29) is 23.9 Å². The van der Waals surface area contributed by atoms with Crippen molar-refractivity contribution >= 4 is 27.4 Å². The van der Waals surface area contributed by atoms with Crippen molar-refractivity contribution in [3.63, 3.8) is 0 Å². The number of pyridine rings is 1. The summed E-state index contributed by atoms with van der Waals surface area (Å²) in [5.74, 6) is 1.51. The Morgan fingerprint density at radius 1 is 1.17 bits per heavy atom. The normalized spacial score (nSPS) is 15.6. The first-order chi connectivity index (χ1) is 17.2. The third-order valence-electron chi connectivity index (χ3n) is 5.71. The number of hydrogen-bond acceptors (Lipinski definition) is 7. The van der Waals surface area contributed by atoms with Crippen molar-refractivity contribution in [2.45, 2.75) is 32.4 Å². The lowest BCUT2D eigenvalue weighted by molar-refractivity contribution is 0.0905. The lowest BCUT2D eigenvalue weighted by Crippen LogP contribution is -2.15. The molecule has 1 aliphatic rings. The van der Waals surface area contributed by atoms with E-state index >= 15 is 0 Å². The van der Waals surface area contributed by atoms with E-state index in [4.69, 9.17) is 9.47 Å². The summed E-state index contributed by atoms with van der Waals surface area (Å²) in [4.78, 5) is 34.9. The first-order valence-corrected chi connectivity index (χ1v) is 15.0. The second kappa shape index (κ2) is 11.3. The van der Waals surface area contributed by atoms with E-state index in [2.05, 4.69) is 39.2 Å². The van der Waals surface area contributed by atoms with Crippen molar-refractivity contribution in [3.8, 4) is 17.3 Å². The number of anilines is 1. The minimum atomic E-state index is -0.679. The van der Waals surface area contributed by atoms with Crippen LogP contribution in [0.25, 0.3) is 11.4 Å². The number of carbonyl (C=O) groups excluding carboxylic acids is 2. The molecular formula is C25H34N6O4S. The van der Waals surface area contributed by atoms with E-state index in [1.807, 2.05) is 16.7 Å². The average molecular weight is 515 g/mol. The molecule has 0 radical (unpaired) electrons. The van der Waals surface area contributed by atoms with E-state index in [0.717, 1.165) is 24.2 Å². The highest BCUT2D eigenvalue weighted by molar-refractivity contribution is 8.32. The van der Waals surface area contributed by atoms with E-state index in [0.29, 0.717) is 43.4 Å². The number of fused-ring (bicyclic) bond motifs is 6. The monoisotopic (exact) mass is 514 g/mol. The molecule has 10 nitrogen and oxygen atoms in total. The van der Waals surface area contributed by atoms with Crippen LogP contribution >= 0.6 is 10.0 Å². The Balaban J connectivity index is 1.66. The number of amides is 1. The molecule has 3 aromatic heterocycles. The largest absolute Gasteiger partial charge is 0.478 e. The zero-order chi connectivity index (χ0) is 25.7. The number of carbonyl (C=O) groups is 2. The number of imidazole rings is 1. The smallest absolute Gasteiger partial charge is 0.275 e. The predicted molar refractivity (Wildman–Crippen MR) is 141 cm³/mol. The van der Waals surface area contributed by atoms with Gasteiger partial charge >= 0.3 is 0 Å². The average Bonchev–Trinajstić information content (AvgIpc) is 3.41. The van der Waals surface area contributed by atoms with E-state index < -0.39 is 15.9 Å². The third kappa shape index (κ3) is 6.73. The summed E-state index contributed by atoms with van der Waals surface area (Å²) in [6, 6.07) is 3.65. The van der Waals surface area contributed by atoms with Gasteiger partial charge in [-0.05, 0) is 44.1 Å². The molecule has 1 aliphatic heterocycles. The Bertz CT molecular complexity index is 1230. The zero-order valence-corrected chi connectivity index (χ0v) is 22.1. The topological polar surface area (TPSA) is 113 Å². The van der Waals surface area contributed by atoms with Gasteiger partial charge in [0.15, 0.2) is 11.5 Å². The predicted octanol–water partition coefficient (Wildman–Crippen LogP) is 3.73. The van der Waals surface area contributed by atoms with Crippen LogP contribution in [0.2, 0.25) is 0 Å². The third-order valence-corrected chi connectivity index (χ3v) is 7.10. The molecule has 194 valence electrons. The maximum absolute atomic E-state index is 13.2. The second-order valence-corrected chi connectivity index (χ2v) is 14.3. The highest BCUT2D eigenvalue weighted by Gasteiger charge is 2.22. The number of rotatable bonds is 5. The Kier molecular flexibility index (Phi) is 8.10. The van der Waals surface area contributed by atoms with Crippen molar-refractivity contribution < 1.29 is 19.1 Å². The molecule has 3 aromatic rings. The highest BCUT2D eigenvalue weighted by Crippen LogP contribution is 2.33. The van der Waals surface area contributed by atoms with Gasteiger partial charge in [-0.1, -0.05) is 0 Å². The van der Waals surface area contributed by atoms with Crippen LogP contribution in [0, 0.1) is 0 Å². The molecule has 0 fully saturated rings. The van der Waals surface area contributed by atoms with Gasteiger partial charge in [-0.15, -0.1) is 0 Å². The van der Waals surface area contributed by atoms with Crippen LogP contribution in [-0.4, -0.2) is 73.7 Å². The van der Waals surface area contributed by atoms with Gasteiger partial charge in [0.25, 0.3) is 5.91 Å². The zero-order valence-electron chi connectivity index (χ0n) is 21.3. The molecule has 0 atom stereocenters. The molecule has 4 heterocycles. The van der Waals surface area contributed by atoms with Crippen molar-refractivity contribution in [2.75, 3.05) is 43.1 Å². The van der Waals surface area contributed by atoms with Crippen molar-refractivity contribution in [2.24, 2.45) is 7.05 Å². The summed E-state index contributed by atoms with van der Waals surface area (Å²) in [6.07, 6.45) is 14.4. The highest BCUT2D eigenvalue weighted by atomic mass is 32.3. The molecule has 0 saturated carbocycles. The van der Waals surface area contributed by atoms with Crippen molar-refractivity contribution in [3.05, 3.63) is 42.1 Å². The molecule has 0 saturated heterocycles. The summed E-state index contributed by atoms with van der Waals surface area (Å²) in [6.45, 7) is 1.36. The molecular weight excluding hydrogens is 480 g/mol. The van der Waals surface area contributed by atoms with Gasteiger partial charge in [0.05, 0.1) is 18.9 Å². The Hall–Kier alpha value is -3.18. The van der Waals surface area contributed by atoms with E-state index in [9.17, 15) is 9.59 Å². The van der Waals surface area contributed by atoms with Crippen LogP contribution in [0.4, 0.5) is 5.69 Å². The van der Waals surface area contributed by atoms with E-state index in [1.165, 1.54) is 4.68 Å². The molecule has 0 spiro atoms. The minimum Gasteiger partial charge on any atom is -0.478 e. The van der Waals surface area contributed by atoms with Crippen LogP contribution in [0.5, 0.6) is 5.88 Å². The molecule has 4 rings (SSSR count). The van der Waals surface area contributed by atoms with Gasteiger partial charge in [-0.2, -0.15) is 5.10 Å². The molecule has 4 bridgehead atoms. The first kappa shape index (κ1) is 25.9. The Labute approximate surface area is 212 Å². The van der Waals surface area contributed by atoms with E-state index in [1.54, 1.807) is 25.6 Å². The van der Waals surface area contributed by atoms with Gasteiger partial charge in [-0.25, -0.2) is 20.0 Å². The van der Waals surface area contributed by atoms with Gasteiger partial charge in [0, 0.05) is 49.4 Å². The van der Waals surface area contributed by atoms with Crippen LogP contribution in [-0.2, 0) is 18.5 Å². The summed E-state index contributed by atoms with van der Waals surface area (Å²) in [7, 11) is 1.04.